The Morgan fingerprint density at radius 3 is 2.14 bits per heavy atom. The predicted octanol–water partition coefficient (Wildman–Crippen LogP) is 7.44. The van der Waals surface area contributed by atoms with Gasteiger partial charge in [-0.25, -0.2) is 0 Å². The van der Waals surface area contributed by atoms with Crippen LogP contribution in [-0.2, 0) is 0 Å². The predicted molar refractivity (Wildman–Crippen MR) is 116 cm³/mol. The molecule has 0 amide bonds. The summed E-state index contributed by atoms with van der Waals surface area (Å²) in [6.07, 6.45) is 1.77. The summed E-state index contributed by atoms with van der Waals surface area (Å²) in [5.41, 5.74) is 6.84. The lowest BCUT2D eigenvalue weighted by Crippen LogP contribution is -1.90. The van der Waals surface area contributed by atoms with E-state index in [1.807, 2.05) is 50.2 Å². The van der Waals surface area contributed by atoms with Gasteiger partial charge >= 0.3 is 0 Å². The van der Waals surface area contributed by atoms with Crippen LogP contribution >= 0.6 is 0 Å². The van der Waals surface area contributed by atoms with Crippen LogP contribution in [0.15, 0.2) is 89.5 Å². The fourth-order valence-corrected chi connectivity index (χ4v) is 3.65. The summed E-state index contributed by atoms with van der Waals surface area (Å²) in [6, 6.07) is 26.8. The zero-order valence-electron chi connectivity index (χ0n) is 16.9. The minimum absolute atomic E-state index is 0.658. The highest BCUT2D eigenvalue weighted by molar-refractivity contribution is 6.06. The summed E-state index contributed by atoms with van der Waals surface area (Å²) in [7, 11) is 0. The van der Waals surface area contributed by atoms with Gasteiger partial charge in [-0.05, 0) is 59.0 Å². The molecule has 0 N–H and O–H groups in total. The minimum Gasteiger partial charge on any atom is -0.456 e. The molecule has 5 aromatic rings. The zero-order valence-corrected chi connectivity index (χ0v) is 15.9. The van der Waals surface area contributed by atoms with E-state index in [9.17, 15) is 0 Å². The molecule has 0 atom stereocenters. The molecule has 3 aromatic carbocycles. The smallest absolute Gasteiger partial charge is 0.136 e. The second kappa shape index (κ2) is 6.65. The van der Waals surface area contributed by atoms with Crippen LogP contribution in [0.2, 0.25) is 0 Å². The number of hydrogen-bond acceptors (Lipinski definition) is 2. The summed E-state index contributed by atoms with van der Waals surface area (Å²) in [5.74, 6) is -0.658. The summed E-state index contributed by atoms with van der Waals surface area (Å²) in [6.45, 7) is 3.78. The molecule has 0 aliphatic rings. The molecule has 136 valence electrons. The number of rotatable bonds is 3. The lowest BCUT2D eigenvalue weighted by Gasteiger charge is -2.07. The van der Waals surface area contributed by atoms with Crippen LogP contribution < -0.4 is 0 Å². The van der Waals surface area contributed by atoms with Crippen LogP contribution in [0.25, 0.3) is 44.3 Å². The first kappa shape index (κ1) is 15.6. The number of fused-ring (bicyclic) bond motifs is 3. The highest BCUT2D eigenvalue weighted by atomic mass is 16.3. The second-order valence-corrected chi connectivity index (χ2v) is 7.32. The van der Waals surface area contributed by atoms with E-state index < -0.39 is 5.89 Å². The standard InChI is InChI=1S/C26H21NO/c1-17(2)19-12-13-27-24(14-19)21-9-11-23-22-10-8-20(18-6-4-3-5-7-18)15-25(22)28-26(23)16-21/h3-17H,1-2H3/i17D. The van der Waals surface area contributed by atoms with E-state index in [4.69, 9.17) is 5.79 Å². The van der Waals surface area contributed by atoms with Crippen molar-refractivity contribution in [2.24, 2.45) is 0 Å². The number of benzene rings is 3. The first-order chi connectivity index (χ1) is 14.0. The highest BCUT2D eigenvalue weighted by Crippen LogP contribution is 2.34. The van der Waals surface area contributed by atoms with Gasteiger partial charge in [0.25, 0.3) is 0 Å². The number of hydrogen-bond donors (Lipinski definition) is 0. The van der Waals surface area contributed by atoms with Gasteiger partial charge in [0.05, 0.1) is 5.69 Å². The molecule has 0 unspecified atom stereocenters. The Balaban J connectivity index is 1.61. The molecule has 0 fully saturated rings. The summed E-state index contributed by atoms with van der Waals surface area (Å²) < 4.78 is 14.5. The lowest BCUT2D eigenvalue weighted by atomic mass is 10.0. The van der Waals surface area contributed by atoms with Crippen LogP contribution in [0.4, 0.5) is 0 Å². The Bertz CT molecular complexity index is 1330. The Labute approximate surface area is 165 Å². The monoisotopic (exact) mass is 364 g/mol. The number of furan rings is 1. The van der Waals surface area contributed by atoms with E-state index in [0.717, 1.165) is 44.3 Å². The molecule has 0 aliphatic heterocycles. The SMILES string of the molecule is [2H]C(C)(C)c1ccnc(-c2ccc3c(c2)oc2cc(-c4ccccc4)ccc23)c1. The van der Waals surface area contributed by atoms with Crippen LogP contribution in [0, 0.1) is 0 Å². The average Bonchev–Trinajstić information content (AvgIpc) is 3.11. The van der Waals surface area contributed by atoms with Crippen LogP contribution in [0.5, 0.6) is 0 Å². The maximum absolute atomic E-state index is 8.28. The molecule has 28 heavy (non-hydrogen) atoms. The molecule has 0 spiro atoms. The van der Waals surface area contributed by atoms with Gasteiger partial charge in [-0.2, -0.15) is 0 Å². The van der Waals surface area contributed by atoms with E-state index in [1.54, 1.807) is 6.20 Å². The van der Waals surface area contributed by atoms with Crippen molar-refractivity contribution >= 4 is 21.9 Å². The fraction of sp³-hybridized carbons (Fsp3) is 0.115. The molecule has 0 aliphatic carbocycles. The fourth-order valence-electron chi connectivity index (χ4n) is 3.65. The van der Waals surface area contributed by atoms with Gasteiger partial charge in [0.1, 0.15) is 11.2 Å². The van der Waals surface area contributed by atoms with E-state index in [1.165, 1.54) is 5.56 Å². The normalized spacial score (nSPS) is 12.4. The van der Waals surface area contributed by atoms with E-state index in [2.05, 4.69) is 47.4 Å². The topological polar surface area (TPSA) is 26.0 Å². The Kier molecular flexibility index (Phi) is 3.71. The first-order valence-electron chi connectivity index (χ1n) is 9.98. The third kappa shape index (κ3) is 2.87. The Hall–Kier alpha value is -3.39. The van der Waals surface area contributed by atoms with Gasteiger partial charge in [-0.1, -0.05) is 56.3 Å². The molecule has 5 rings (SSSR count). The van der Waals surface area contributed by atoms with Crippen molar-refractivity contribution in [1.29, 1.82) is 0 Å². The number of nitrogens with zero attached hydrogens (tertiary/aromatic N) is 1. The maximum Gasteiger partial charge on any atom is 0.136 e. The zero-order chi connectivity index (χ0) is 20.0. The molecule has 2 heterocycles. The van der Waals surface area contributed by atoms with E-state index >= 15 is 0 Å². The maximum atomic E-state index is 8.28. The largest absolute Gasteiger partial charge is 0.456 e. The van der Waals surface area contributed by atoms with Gasteiger partial charge in [-0.15, -0.1) is 0 Å². The van der Waals surface area contributed by atoms with Crippen LogP contribution in [-0.4, -0.2) is 4.98 Å². The van der Waals surface area contributed by atoms with Crippen molar-refractivity contribution in [1.82, 2.24) is 4.98 Å². The van der Waals surface area contributed by atoms with Gasteiger partial charge in [0.15, 0.2) is 0 Å². The molecule has 2 heteroatoms. The first-order valence-corrected chi connectivity index (χ1v) is 9.48. The van der Waals surface area contributed by atoms with Crippen LogP contribution in [0.1, 0.15) is 26.7 Å². The summed E-state index contributed by atoms with van der Waals surface area (Å²) in [5, 5.41) is 2.21. The van der Waals surface area contributed by atoms with E-state index in [-0.39, 0.29) is 0 Å². The molecular formula is C26H21NO. The average molecular weight is 364 g/mol. The van der Waals surface area contributed by atoms with Crippen molar-refractivity contribution in [3.8, 4) is 22.4 Å². The van der Waals surface area contributed by atoms with Crippen molar-refractivity contribution < 1.29 is 5.79 Å². The number of pyridine rings is 1. The van der Waals surface area contributed by atoms with Crippen molar-refractivity contribution in [3.05, 3.63) is 90.6 Å². The Morgan fingerprint density at radius 2 is 1.43 bits per heavy atom. The summed E-state index contributed by atoms with van der Waals surface area (Å²) >= 11 is 0. The van der Waals surface area contributed by atoms with Crippen molar-refractivity contribution in [2.75, 3.05) is 0 Å². The van der Waals surface area contributed by atoms with E-state index in [0.29, 0.717) is 0 Å². The van der Waals surface area contributed by atoms with Crippen LogP contribution in [0.3, 0.4) is 0 Å². The number of aromatic nitrogens is 1. The molecule has 2 aromatic heterocycles. The molecule has 0 bridgehead atoms. The molecule has 2 nitrogen and oxygen atoms in total. The quantitative estimate of drug-likeness (QED) is 0.332. The van der Waals surface area contributed by atoms with Gasteiger partial charge in [0, 0.05) is 23.9 Å². The van der Waals surface area contributed by atoms with Gasteiger partial charge in [-0.3, -0.25) is 4.98 Å². The van der Waals surface area contributed by atoms with Crippen molar-refractivity contribution in [3.63, 3.8) is 0 Å². The van der Waals surface area contributed by atoms with Gasteiger partial charge < -0.3 is 4.42 Å². The Morgan fingerprint density at radius 1 is 0.750 bits per heavy atom. The highest BCUT2D eigenvalue weighted by Gasteiger charge is 2.11. The molecule has 0 saturated carbocycles. The minimum atomic E-state index is -0.658. The summed E-state index contributed by atoms with van der Waals surface area (Å²) in [4.78, 5) is 4.51. The lowest BCUT2D eigenvalue weighted by molar-refractivity contribution is 0.669. The molecule has 0 saturated heterocycles. The molecular weight excluding hydrogens is 342 g/mol. The third-order valence-electron chi connectivity index (χ3n) is 5.21. The van der Waals surface area contributed by atoms with Gasteiger partial charge in [0.2, 0.25) is 0 Å². The second-order valence-electron chi connectivity index (χ2n) is 7.32. The van der Waals surface area contributed by atoms with Crippen molar-refractivity contribution in [2.45, 2.75) is 19.7 Å². The third-order valence-corrected chi connectivity index (χ3v) is 5.21. The molecule has 0 radical (unpaired) electrons.